The molecule has 0 bridgehead atoms. The third-order valence-electron chi connectivity index (χ3n) is 3.74. The van der Waals surface area contributed by atoms with E-state index in [9.17, 15) is 0 Å². The standard InChI is InChI=1S/C19H26N4/c1-4-18-21-12-11-16(14-22-18)13-15(2)19(20-3)23-17-9-7-5-6-8-10-17/h5-7,9-10,12,14,20,23H,4,8,11,13H2,1-3H3/b19-15-. The lowest BCUT2D eigenvalue weighted by molar-refractivity contribution is 0.806. The summed E-state index contributed by atoms with van der Waals surface area (Å²) in [4.78, 5) is 8.82. The Morgan fingerprint density at radius 1 is 1.30 bits per heavy atom. The average Bonchev–Trinajstić information content (AvgIpc) is 2.95. The van der Waals surface area contributed by atoms with Crippen molar-refractivity contribution in [2.24, 2.45) is 9.98 Å². The number of hydrogen-bond donors (Lipinski definition) is 2. The molecule has 1 heterocycles. The maximum Gasteiger partial charge on any atom is 0.127 e. The van der Waals surface area contributed by atoms with Gasteiger partial charge in [0.05, 0.1) is 0 Å². The fourth-order valence-corrected chi connectivity index (χ4v) is 2.45. The Labute approximate surface area is 139 Å². The van der Waals surface area contributed by atoms with Gasteiger partial charge in [-0.05, 0) is 37.0 Å². The van der Waals surface area contributed by atoms with E-state index in [0.29, 0.717) is 0 Å². The molecule has 0 atom stereocenters. The maximum atomic E-state index is 4.45. The molecule has 122 valence electrons. The van der Waals surface area contributed by atoms with Gasteiger partial charge < -0.3 is 10.6 Å². The SMILES string of the molecule is CCC1=NC=C(C/C(C)=C(/NC)NC2=CCC=CC=C2)CC=N1. The van der Waals surface area contributed by atoms with Crippen LogP contribution in [-0.4, -0.2) is 19.1 Å². The van der Waals surface area contributed by atoms with E-state index < -0.39 is 0 Å². The zero-order valence-corrected chi connectivity index (χ0v) is 14.3. The van der Waals surface area contributed by atoms with Crippen molar-refractivity contribution in [2.75, 3.05) is 7.05 Å². The Bertz CT molecular complexity index is 628. The normalized spacial score (nSPS) is 18.3. The van der Waals surface area contributed by atoms with Gasteiger partial charge in [-0.2, -0.15) is 0 Å². The molecule has 0 amide bonds. The van der Waals surface area contributed by atoms with Gasteiger partial charge in [0, 0.05) is 38.0 Å². The number of nitrogens with one attached hydrogen (secondary N) is 2. The van der Waals surface area contributed by atoms with E-state index in [1.54, 1.807) is 0 Å². The minimum absolute atomic E-state index is 0.855. The minimum Gasteiger partial charge on any atom is -0.375 e. The Morgan fingerprint density at radius 2 is 2.17 bits per heavy atom. The maximum absolute atomic E-state index is 4.45. The number of nitrogens with zero attached hydrogens (tertiary/aromatic N) is 2. The second kappa shape index (κ2) is 8.93. The van der Waals surface area contributed by atoms with Crippen molar-refractivity contribution >= 4 is 12.1 Å². The lowest BCUT2D eigenvalue weighted by Gasteiger charge is -2.16. The van der Waals surface area contributed by atoms with E-state index in [0.717, 1.165) is 43.0 Å². The van der Waals surface area contributed by atoms with Crippen LogP contribution in [0.2, 0.25) is 0 Å². The largest absolute Gasteiger partial charge is 0.375 e. The van der Waals surface area contributed by atoms with Crippen LogP contribution in [0.15, 0.2) is 69.2 Å². The topological polar surface area (TPSA) is 48.8 Å². The lowest BCUT2D eigenvalue weighted by atomic mass is 10.0. The van der Waals surface area contributed by atoms with Crippen LogP contribution in [-0.2, 0) is 0 Å². The predicted molar refractivity (Wildman–Crippen MR) is 99.4 cm³/mol. The molecule has 0 saturated carbocycles. The number of hydrogen-bond acceptors (Lipinski definition) is 4. The van der Waals surface area contributed by atoms with Crippen LogP contribution < -0.4 is 10.6 Å². The molecule has 0 unspecified atom stereocenters. The van der Waals surface area contributed by atoms with Crippen LogP contribution in [0.5, 0.6) is 0 Å². The fourth-order valence-electron chi connectivity index (χ4n) is 2.45. The summed E-state index contributed by atoms with van der Waals surface area (Å²) in [5.74, 6) is 1.94. The van der Waals surface area contributed by atoms with E-state index >= 15 is 0 Å². The van der Waals surface area contributed by atoms with E-state index in [-0.39, 0.29) is 0 Å². The van der Waals surface area contributed by atoms with Crippen LogP contribution in [0.25, 0.3) is 0 Å². The van der Waals surface area contributed by atoms with Crippen LogP contribution in [0, 0.1) is 0 Å². The second-order valence-corrected chi connectivity index (χ2v) is 5.59. The van der Waals surface area contributed by atoms with E-state index in [1.165, 1.54) is 11.1 Å². The second-order valence-electron chi connectivity index (χ2n) is 5.59. The molecule has 0 aromatic carbocycles. The Hall–Kier alpha value is -2.36. The zero-order chi connectivity index (χ0) is 16.5. The average molecular weight is 310 g/mol. The summed E-state index contributed by atoms with van der Waals surface area (Å²) in [6.45, 7) is 4.22. The summed E-state index contributed by atoms with van der Waals surface area (Å²) in [6.07, 6.45) is 18.0. The highest BCUT2D eigenvalue weighted by atomic mass is 15.1. The Balaban J connectivity index is 2.08. The smallest absolute Gasteiger partial charge is 0.127 e. The van der Waals surface area contributed by atoms with Gasteiger partial charge in [0.2, 0.25) is 0 Å². The van der Waals surface area contributed by atoms with Crippen LogP contribution >= 0.6 is 0 Å². The molecular weight excluding hydrogens is 284 g/mol. The first-order valence-electron chi connectivity index (χ1n) is 8.18. The van der Waals surface area contributed by atoms with Gasteiger partial charge in [-0.3, -0.25) is 0 Å². The minimum atomic E-state index is 0.855. The van der Waals surface area contributed by atoms with Crippen LogP contribution in [0.1, 0.15) is 39.5 Å². The molecule has 2 aliphatic rings. The molecule has 4 nitrogen and oxygen atoms in total. The first kappa shape index (κ1) is 17.0. The van der Waals surface area contributed by atoms with Crippen molar-refractivity contribution in [2.45, 2.75) is 39.5 Å². The monoisotopic (exact) mass is 310 g/mol. The summed E-state index contributed by atoms with van der Waals surface area (Å²) in [6, 6.07) is 0. The quantitative estimate of drug-likeness (QED) is 0.779. The third-order valence-corrected chi connectivity index (χ3v) is 3.74. The third kappa shape index (κ3) is 5.40. The molecule has 1 aliphatic heterocycles. The van der Waals surface area contributed by atoms with E-state index in [1.807, 2.05) is 19.5 Å². The van der Waals surface area contributed by atoms with Crippen molar-refractivity contribution in [1.82, 2.24) is 10.6 Å². The lowest BCUT2D eigenvalue weighted by Crippen LogP contribution is -2.24. The van der Waals surface area contributed by atoms with Crippen LogP contribution in [0.3, 0.4) is 0 Å². The molecular formula is C19H26N4. The molecule has 4 heteroatoms. The summed E-state index contributed by atoms with van der Waals surface area (Å²) >= 11 is 0. The van der Waals surface area contributed by atoms with Crippen molar-refractivity contribution in [3.05, 3.63) is 59.2 Å². The molecule has 0 spiro atoms. The highest BCUT2D eigenvalue weighted by Gasteiger charge is 2.07. The molecule has 0 saturated heterocycles. The van der Waals surface area contributed by atoms with E-state index in [2.05, 4.69) is 64.8 Å². The van der Waals surface area contributed by atoms with Crippen LogP contribution in [0.4, 0.5) is 0 Å². The van der Waals surface area contributed by atoms with Gasteiger partial charge in [-0.1, -0.05) is 31.2 Å². The van der Waals surface area contributed by atoms with Gasteiger partial charge in [0.1, 0.15) is 11.7 Å². The van der Waals surface area contributed by atoms with Gasteiger partial charge in [0.15, 0.2) is 0 Å². The molecule has 2 rings (SSSR count). The first-order chi connectivity index (χ1) is 11.2. The zero-order valence-electron chi connectivity index (χ0n) is 14.3. The number of allylic oxidation sites excluding steroid dienone is 7. The van der Waals surface area contributed by atoms with Crippen molar-refractivity contribution in [3.8, 4) is 0 Å². The summed E-state index contributed by atoms with van der Waals surface area (Å²) in [5.41, 5.74) is 3.64. The van der Waals surface area contributed by atoms with Crippen molar-refractivity contribution < 1.29 is 0 Å². The highest BCUT2D eigenvalue weighted by molar-refractivity contribution is 5.91. The highest BCUT2D eigenvalue weighted by Crippen LogP contribution is 2.17. The van der Waals surface area contributed by atoms with Crippen molar-refractivity contribution in [1.29, 1.82) is 0 Å². The Kier molecular flexibility index (Phi) is 6.60. The molecule has 0 fully saturated rings. The molecule has 1 aliphatic carbocycles. The summed E-state index contributed by atoms with van der Waals surface area (Å²) < 4.78 is 0. The molecule has 2 N–H and O–H groups in total. The molecule has 0 radical (unpaired) electrons. The fraction of sp³-hybridized carbons (Fsp3) is 0.368. The number of amidine groups is 1. The number of rotatable bonds is 6. The molecule has 23 heavy (non-hydrogen) atoms. The van der Waals surface area contributed by atoms with Gasteiger partial charge >= 0.3 is 0 Å². The summed E-state index contributed by atoms with van der Waals surface area (Å²) in [7, 11) is 1.95. The van der Waals surface area contributed by atoms with Gasteiger partial charge in [0.25, 0.3) is 0 Å². The van der Waals surface area contributed by atoms with Gasteiger partial charge in [-0.25, -0.2) is 9.98 Å². The predicted octanol–water partition coefficient (Wildman–Crippen LogP) is 3.98. The Morgan fingerprint density at radius 3 is 2.96 bits per heavy atom. The van der Waals surface area contributed by atoms with Crippen molar-refractivity contribution in [3.63, 3.8) is 0 Å². The first-order valence-corrected chi connectivity index (χ1v) is 8.18. The van der Waals surface area contributed by atoms with E-state index in [4.69, 9.17) is 0 Å². The number of aliphatic imine (C=N–C) groups is 2. The molecule has 0 aromatic rings. The van der Waals surface area contributed by atoms with Gasteiger partial charge in [-0.15, -0.1) is 0 Å². The molecule has 0 aromatic heterocycles. The summed E-state index contributed by atoms with van der Waals surface area (Å²) in [5, 5.41) is 6.75.